The number of rotatable bonds is 3. The largest absolute Gasteiger partial charge is 0.376 e. The van der Waals surface area contributed by atoms with Gasteiger partial charge in [0.2, 0.25) is 0 Å². The minimum Gasteiger partial charge on any atom is -0.376 e. The van der Waals surface area contributed by atoms with Crippen LogP contribution in [0.25, 0.3) is 0 Å². The standard InChI is InChI=1S/C19H20N4O2S/c20-19(26)21-16-9-5-4-8-15(16)18(25)23-12-10-22(11-13-23)17(24)14-6-2-1-3-7-14/h1-9H,10-13H2,(H3,20,21,26). The highest BCUT2D eigenvalue weighted by atomic mass is 32.1. The van der Waals surface area contributed by atoms with Crippen molar-refractivity contribution in [1.82, 2.24) is 9.80 Å². The molecule has 1 aliphatic rings. The fourth-order valence-electron chi connectivity index (χ4n) is 2.96. The van der Waals surface area contributed by atoms with Gasteiger partial charge < -0.3 is 20.9 Å². The van der Waals surface area contributed by atoms with Crippen LogP contribution in [-0.2, 0) is 0 Å². The van der Waals surface area contributed by atoms with Gasteiger partial charge in [0.1, 0.15) is 0 Å². The van der Waals surface area contributed by atoms with Gasteiger partial charge in [0, 0.05) is 31.7 Å². The van der Waals surface area contributed by atoms with Gasteiger partial charge in [0.25, 0.3) is 11.8 Å². The third kappa shape index (κ3) is 4.00. The molecule has 1 heterocycles. The lowest BCUT2D eigenvalue weighted by molar-refractivity contribution is 0.0536. The smallest absolute Gasteiger partial charge is 0.256 e. The summed E-state index contributed by atoms with van der Waals surface area (Å²) >= 11 is 4.87. The molecule has 2 aromatic rings. The number of anilines is 1. The first-order valence-corrected chi connectivity index (χ1v) is 8.76. The fraction of sp³-hybridized carbons (Fsp3) is 0.211. The molecule has 3 N–H and O–H groups in total. The summed E-state index contributed by atoms with van der Waals surface area (Å²) < 4.78 is 0. The van der Waals surface area contributed by atoms with Crippen molar-refractivity contribution >= 4 is 34.8 Å². The van der Waals surface area contributed by atoms with E-state index in [0.717, 1.165) is 0 Å². The first kappa shape index (κ1) is 17.9. The molecule has 1 fully saturated rings. The number of carbonyl (C=O) groups excluding carboxylic acids is 2. The van der Waals surface area contributed by atoms with Crippen molar-refractivity contribution in [3.8, 4) is 0 Å². The molecule has 2 aromatic carbocycles. The molecule has 0 aromatic heterocycles. The average molecular weight is 368 g/mol. The lowest BCUT2D eigenvalue weighted by Crippen LogP contribution is -2.50. The number of amides is 2. The highest BCUT2D eigenvalue weighted by Crippen LogP contribution is 2.19. The summed E-state index contributed by atoms with van der Waals surface area (Å²) in [6.07, 6.45) is 0. The molecule has 2 amide bonds. The van der Waals surface area contributed by atoms with E-state index in [1.165, 1.54) is 0 Å². The van der Waals surface area contributed by atoms with Crippen LogP contribution < -0.4 is 11.1 Å². The second kappa shape index (κ2) is 7.97. The van der Waals surface area contributed by atoms with Crippen LogP contribution in [-0.4, -0.2) is 52.9 Å². The maximum absolute atomic E-state index is 12.8. The number of nitrogens with zero attached hydrogens (tertiary/aromatic N) is 2. The van der Waals surface area contributed by atoms with Crippen LogP contribution in [0, 0.1) is 0 Å². The van der Waals surface area contributed by atoms with Gasteiger partial charge in [0.05, 0.1) is 11.3 Å². The molecule has 0 aliphatic carbocycles. The number of carbonyl (C=O) groups is 2. The van der Waals surface area contributed by atoms with E-state index in [4.69, 9.17) is 18.0 Å². The Morgan fingerprint density at radius 2 is 1.38 bits per heavy atom. The second-order valence-electron chi connectivity index (χ2n) is 5.99. The van der Waals surface area contributed by atoms with Crippen molar-refractivity contribution < 1.29 is 9.59 Å². The summed E-state index contributed by atoms with van der Waals surface area (Å²) in [6, 6.07) is 16.3. The van der Waals surface area contributed by atoms with E-state index in [9.17, 15) is 9.59 Å². The zero-order valence-corrected chi connectivity index (χ0v) is 15.0. The molecule has 6 nitrogen and oxygen atoms in total. The molecule has 1 saturated heterocycles. The number of thiocarbonyl (C=S) groups is 1. The van der Waals surface area contributed by atoms with Gasteiger partial charge in [-0.15, -0.1) is 0 Å². The summed E-state index contributed by atoms with van der Waals surface area (Å²) in [5.41, 5.74) is 7.30. The van der Waals surface area contributed by atoms with E-state index in [1.54, 1.807) is 40.1 Å². The van der Waals surface area contributed by atoms with Gasteiger partial charge in [-0.1, -0.05) is 30.3 Å². The van der Waals surface area contributed by atoms with Crippen LogP contribution in [0.5, 0.6) is 0 Å². The molecule has 7 heteroatoms. The Balaban J connectivity index is 1.66. The summed E-state index contributed by atoms with van der Waals surface area (Å²) in [4.78, 5) is 28.9. The third-order valence-corrected chi connectivity index (χ3v) is 4.39. The van der Waals surface area contributed by atoms with E-state index in [-0.39, 0.29) is 16.9 Å². The van der Waals surface area contributed by atoms with Gasteiger partial charge in [-0.05, 0) is 36.5 Å². The molecule has 26 heavy (non-hydrogen) atoms. The topological polar surface area (TPSA) is 78.7 Å². The first-order chi connectivity index (χ1) is 12.6. The van der Waals surface area contributed by atoms with E-state index >= 15 is 0 Å². The summed E-state index contributed by atoms with van der Waals surface area (Å²) in [6.45, 7) is 1.98. The van der Waals surface area contributed by atoms with E-state index in [0.29, 0.717) is 43.0 Å². The van der Waals surface area contributed by atoms with Gasteiger partial charge in [-0.2, -0.15) is 0 Å². The molecular formula is C19H20N4O2S. The van der Waals surface area contributed by atoms with E-state index in [1.807, 2.05) is 24.3 Å². The van der Waals surface area contributed by atoms with Crippen LogP contribution >= 0.6 is 12.2 Å². The Bertz CT molecular complexity index is 817. The number of benzene rings is 2. The van der Waals surface area contributed by atoms with Gasteiger partial charge in [0.15, 0.2) is 5.11 Å². The van der Waals surface area contributed by atoms with Crippen molar-refractivity contribution in [1.29, 1.82) is 0 Å². The number of hydrogen-bond acceptors (Lipinski definition) is 3. The predicted molar refractivity (Wildman–Crippen MR) is 105 cm³/mol. The zero-order valence-electron chi connectivity index (χ0n) is 14.2. The molecule has 3 rings (SSSR count). The summed E-state index contributed by atoms with van der Waals surface area (Å²) in [5, 5.41) is 2.95. The third-order valence-electron chi connectivity index (χ3n) is 4.29. The summed E-state index contributed by atoms with van der Waals surface area (Å²) in [7, 11) is 0. The molecule has 0 atom stereocenters. The van der Waals surface area contributed by atoms with Gasteiger partial charge in [-0.3, -0.25) is 9.59 Å². The van der Waals surface area contributed by atoms with E-state index < -0.39 is 0 Å². The Morgan fingerprint density at radius 1 is 0.846 bits per heavy atom. The highest BCUT2D eigenvalue weighted by Gasteiger charge is 2.26. The van der Waals surface area contributed by atoms with E-state index in [2.05, 4.69) is 5.32 Å². The minimum absolute atomic E-state index is 0.00625. The van der Waals surface area contributed by atoms with Crippen LogP contribution in [0.1, 0.15) is 20.7 Å². The predicted octanol–water partition coefficient (Wildman–Crippen LogP) is 1.94. The lowest BCUT2D eigenvalue weighted by atomic mass is 10.1. The SMILES string of the molecule is NC(=S)Nc1ccccc1C(=O)N1CCN(C(=O)c2ccccc2)CC1. The first-order valence-electron chi connectivity index (χ1n) is 8.35. The number of nitrogens with two attached hydrogens (primary N) is 1. The maximum Gasteiger partial charge on any atom is 0.256 e. The molecule has 0 unspecified atom stereocenters. The van der Waals surface area contributed by atoms with Gasteiger partial charge >= 0.3 is 0 Å². The molecule has 134 valence electrons. The van der Waals surface area contributed by atoms with Gasteiger partial charge in [-0.25, -0.2) is 0 Å². The summed E-state index contributed by atoms with van der Waals surface area (Å²) in [5.74, 6) is -0.107. The lowest BCUT2D eigenvalue weighted by Gasteiger charge is -2.35. The quantitative estimate of drug-likeness (QED) is 0.810. The Kier molecular flexibility index (Phi) is 5.48. The number of nitrogens with one attached hydrogen (secondary N) is 1. The van der Waals surface area contributed by atoms with Crippen molar-refractivity contribution in [2.24, 2.45) is 5.73 Å². The Hall–Kier alpha value is -2.93. The minimum atomic E-state index is -0.101. The molecule has 0 spiro atoms. The highest BCUT2D eigenvalue weighted by molar-refractivity contribution is 7.80. The molecular weight excluding hydrogens is 348 g/mol. The molecule has 0 saturated carbocycles. The molecule has 0 radical (unpaired) electrons. The number of hydrogen-bond donors (Lipinski definition) is 2. The Morgan fingerprint density at radius 3 is 2.00 bits per heavy atom. The van der Waals surface area contributed by atoms with Crippen molar-refractivity contribution in [2.75, 3.05) is 31.5 Å². The Labute approximate surface area is 157 Å². The van der Waals surface area contributed by atoms with Crippen LogP contribution in [0.3, 0.4) is 0 Å². The number of para-hydroxylation sites is 1. The van der Waals surface area contributed by atoms with Crippen molar-refractivity contribution in [3.05, 3.63) is 65.7 Å². The van der Waals surface area contributed by atoms with Crippen molar-refractivity contribution in [3.63, 3.8) is 0 Å². The normalized spacial score (nSPS) is 14.0. The van der Waals surface area contributed by atoms with Crippen molar-refractivity contribution in [2.45, 2.75) is 0 Å². The van der Waals surface area contributed by atoms with Crippen LogP contribution in [0.2, 0.25) is 0 Å². The van der Waals surface area contributed by atoms with Crippen LogP contribution in [0.15, 0.2) is 54.6 Å². The maximum atomic E-state index is 12.8. The average Bonchev–Trinajstić information content (AvgIpc) is 2.68. The molecule has 0 bridgehead atoms. The second-order valence-corrected chi connectivity index (χ2v) is 6.43. The fourth-order valence-corrected chi connectivity index (χ4v) is 3.07. The molecule has 1 aliphatic heterocycles. The van der Waals surface area contributed by atoms with Crippen LogP contribution in [0.4, 0.5) is 5.69 Å². The zero-order chi connectivity index (χ0) is 18.5. The number of piperazine rings is 1. The monoisotopic (exact) mass is 368 g/mol.